The van der Waals surface area contributed by atoms with E-state index in [4.69, 9.17) is 4.74 Å². The summed E-state index contributed by atoms with van der Waals surface area (Å²) >= 11 is 0. The van der Waals surface area contributed by atoms with Crippen molar-refractivity contribution in [3.8, 4) is 0 Å². The highest BCUT2D eigenvalue weighted by Gasteiger charge is 2.41. The summed E-state index contributed by atoms with van der Waals surface area (Å²) in [4.78, 5) is 29.9. The van der Waals surface area contributed by atoms with Gasteiger partial charge in [0.05, 0.1) is 5.56 Å². The van der Waals surface area contributed by atoms with E-state index in [-0.39, 0.29) is 29.3 Å². The Bertz CT molecular complexity index is 904. The second kappa shape index (κ2) is 8.96. The molecule has 30 heavy (non-hydrogen) atoms. The molecule has 2 aliphatic rings. The highest BCUT2D eigenvalue weighted by molar-refractivity contribution is 5.94. The average molecular weight is 410 g/mol. The normalized spacial score (nSPS) is 22.3. The van der Waals surface area contributed by atoms with Crippen LogP contribution in [-0.4, -0.2) is 54.4 Å². The quantitative estimate of drug-likeness (QED) is 0.773. The van der Waals surface area contributed by atoms with Crippen LogP contribution in [0.3, 0.4) is 0 Å². The van der Waals surface area contributed by atoms with Crippen LogP contribution in [0.5, 0.6) is 0 Å². The number of methoxy groups -OCH3 is 1. The number of halogens is 1. The number of ether oxygens (including phenoxy) is 1. The third kappa shape index (κ3) is 3.97. The molecule has 0 N–H and O–H groups in total. The van der Waals surface area contributed by atoms with Crippen LogP contribution in [0, 0.1) is 11.7 Å². The molecule has 0 bridgehead atoms. The Labute approximate surface area is 176 Å². The van der Waals surface area contributed by atoms with Crippen LogP contribution in [0.15, 0.2) is 54.6 Å². The van der Waals surface area contributed by atoms with Crippen molar-refractivity contribution < 1.29 is 18.7 Å². The lowest BCUT2D eigenvalue weighted by molar-refractivity contribution is -0.149. The van der Waals surface area contributed by atoms with Crippen molar-refractivity contribution in [3.63, 3.8) is 0 Å². The van der Waals surface area contributed by atoms with Crippen LogP contribution in [0.25, 0.3) is 0 Å². The van der Waals surface area contributed by atoms with Gasteiger partial charge in [0.2, 0.25) is 0 Å². The van der Waals surface area contributed by atoms with Crippen molar-refractivity contribution in [2.24, 2.45) is 5.92 Å². The van der Waals surface area contributed by atoms with E-state index in [1.807, 2.05) is 35.2 Å². The number of carbonyl (C=O) groups excluding carboxylic acids is 2. The van der Waals surface area contributed by atoms with E-state index in [1.165, 1.54) is 12.1 Å². The lowest BCUT2D eigenvalue weighted by atomic mass is 9.83. The van der Waals surface area contributed by atoms with Gasteiger partial charge in [0.25, 0.3) is 11.8 Å². The van der Waals surface area contributed by atoms with Gasteiger partial charge in [-0.05, 0) is 42.9 Å². The molecule has 2 amide bonds. The maximum Gasteiger partial charge on any atom is 0.256 e. The van der Waals surface area contributed by atoms with Crippen molar-refractivity contribution in [1.82, 2.24) is 9.80 Å². The first kappa shape index (κ1) is 20.5. The van der Waals surface area contributed by atoms with E-state index in [2.05, 4.69) is 0 Å². The summed E-state index contributed by atoms with van der Waals surface area (Å²) in [6, 6.07) is 15.7. The molecule has 4 rings (SSSR count). The van der Waals surface area contributed by atoms with E-state index in [1.54, 1.807) is 24.1 Å². The van der Waals surface area contributed by atoms with E-state index >= 15 is 0 Å². The number of hydrogen-bond donors (Lipinski definition) is 0. The van der Waals surface area contributed by atoms with Crippen LogP contribution < -0.4 is 0 Å². The number of nitrogens with zero attached hydrogens (tertiary/aromatic N) is 2. The van der Waals surface area contributed by atoms with Gasteiger partial charge in [0.15, 0.2) is 6.10 Å². The molecule has 158 valence electrons. The molecule has 2 aliphatic heterocycles. The predicted molar refractivity (Wildman–Crippen MR) is 111 cm³/mol. The van der Waals surface area contributed by atoms with Gasteiger partial charge >= 0.3 is 0 Å². The number of fused-ring (bicyclic) bond motifs is 1. The molecule has 2 aromatic carbocycles. The molecule has 2 fully saturated rings. The molecule has 0 aliphatic carbocycles. The van der Waals surface area contributed by atoms with Crippen LogP contribution in [0.4, 0.5) is 4.39 Å². The standard InChI is InChI=1S/C24H27FN2O3/c1-30-22(17-8-3-2-4-9-17)24(29)27-14-7-10-18-16-26(15-13-21(18)27)23(28)19-11-5-6-12-20(19)25/h2-6,8-9,11-12,18,21-22H,7,10,13-16H2,1H3/t18-,21+,22?/m1/s1. The topological polar surface area (TPSA) is 49.9 Å². The Kier molecular flexibility index (Phi) is 6.13. The van der Waals surface area contributed by atoms with Crippen molar-refractivity contribution in [3.05, 3.63) is 71.5 Å². The Morgan fingerprint density at radius 3 is 2.50 bits per heavy atom. The molecule has 1 unspecified atom stereocenters. The first-order chi connectivity index (χ1) is 14.6. The molecular formula is C24H27FN2O3. The second-order valence-electron chi connectivity index (χ2n) is 8.05. The molecule has 2 heterocycles. The van der Waals surface area contributed by atoms with Crippen LogP contribution >= 0.6 is 0 Å². The minimum Gasteiger partial charge on any atom is -0.367 e. The lowest BCUT2D eigenvalue weighted by Gasteiger charge is -2.47. The molecule has 0 aromatic heterocycles. The molecule has 0 saturated carbocycles. The lowest BCUT2D eigenvalue weighted by Crippen LogP contribution is -2.57. The Morgan fingerprint density at radius 2 is 1.77 bits per heavy atom. The number of likely N-dealkylation sites (tertiary alicyclic amines) is 2. The van der Waals surface area contributed by atoms with Crippen molar-refractivity contribution in [1.29, 1.82) is 0 Å². The zero-order chi connectivity index (χ0) is 21.1. The third-order valence-electron chi connectivity index (χ3n) is 6.30. The highest BCUT2D eigenvalue weighted by atomic mass is 19.1. The summed E-state index contributed by atoms with van der Waals surface area (Å²) < 4.78 is 19.6. The molecule has 5 nitrogen and oxygen atoms in total. The second-order valence-corrected chi connectivity index (χ2v) is 8.05. The summed E-state index contributed by atoms with van der Waals surface area (Å²) in [5.41, 5.74) is 0.961. The van der Waals surface area contributed by atoms with Gasteiger partial charge in [-0.3, -0.25) is 9.59 Å². The maximum atomic E-state index is 14.1. The molecule has 3 atom stereocenters. The molecule has 0 spiro atoms. The van der Waals surface area contributed by atoms with Gasteiger partial charge in [-0.25, -0.2) is 4.39 Å². The van der Waals surface area contributed by atoms with Gasteiger partial charge in [-0.1, -0.05) is 42.5 Å². The number of benzene rings is 2. The van der Waals surface area contributed by atoms with Gasteiger partial charge < -0.3 is 14.5 Å². The minimum atomic E-state index is -0.622. The number of amides is 2. The Balaban J connectivity index is 1.48. The van der Waals surface area contributed by atoms with E-state index in [9.17, 15) is 14.0 Å². The highest BCUT2D eigenvalue weighted by Crippen LogP contribution is 2.33. The third-order valence-corrected chi connectivity index (χ3v) is 6.30. The van der Waals surface area contributed by atoms with Crippen molar-refractivity contribution in [2.75, 3.05) is 26.7 Å². The summed E-state index contributed by atoms with van der Waals surface area (Å²) in [6.07, 6.45) is 1.92. The van der Waals surface area contributed by atoms with Crippen molar-refractivity contribution >= 4 is 11.8 Å². The number of rotatable bonds is 4. The number of piperidine rings is 2. The first-order valence-electron chi connectivity index (χ1n) is 10.5. The molecule has 6 heteroatoms. The van der Waals surface area contributed by atoms with Crippen LogP contribution in [0.1, 0.15) is 41.3 Å². The fraction of sp³-hybridized carbons (Fsp3) is 0.417. The summed E-state index contributed by atoms with van der Waals surface area (Å²) in [5, 5.41) is 0. The largest absolute Gasteiger partial charge is 0.367 e. The maximum absolute atomic E-state index is 14.1. The van der Waals surface area contributed by atoms with Gasteiger partial charge in [-0.15, -0.1) is 0 Å². The minimum absolute atomic E-state index is 0.0210. The van der Waals surface area contributed by atoms with Gasteiger partial charge in [-0.2, -0.15) is 0 Å². The predicted octanol–water partition coefficient (Wildman–Crippen LogP) is 3.67. The fourth-order valence-electron chi connectivity index (χ4n) is 4.82. The van der Waals surface area contributed by atoms with E-state index < -0.39 is 11.9 Å². The van der Waals surface area contributed by atoms with Crippen LogP contribution in [0.2, 0.25) is 0 Å². The molecule has 2 aromatic rings. The van der Waals surface area contributed by atoms with E-state index in [0.717, 1.165) is 18.4 Å². The Hall–Kier alpha value is -2.73. The van der Waals surface area contributed by atoms with Crippen molar-refractivity contribution in [2.45, 2.75) is 31.4 Å². The zero-order valence-corrected chi connectivity index (χ0v) is 17.2. The SMILES string of the molecule is COC(C(=O)N1CCC[C@@H]2CN(C(=O)c3ccccc3F)CC[C@@H]21)c1ccccc1. The first-order valence-corrected chi connectivity index (χ1v) is 10.5. The smallest absolute Gasteiger partial charge is 0.256 e. The van der Waals surface area contributed by atoms with E-state index in [0.29, 0.717) is 26.1 Å². The molecule has 2 saturated heterocycles. The van der Waals surface area contributed by atoms with Gasteiger partial charge in [0, 0.05) is 32.8 Å². The summed E-state index contributed by atoms with van der Waals surface area (Å²) in [7, 11) is 1.56. The average Bonchev–Trinajstić information content (AvgIpc) is 2.79. The molecule has 0 radical (unpaired) electrons. The number of carbonyl (C=O) groups is 2. The van der Waals surface area contributed by atoms with Crippen LogP contribution in [-0.2, 0) is 9.53 Å². The fourth-order valence-corrected chi connectivity index (χ4v) is 4.82. The summed E-state index contributed by atoms with van der Waals surface area (Å²) in [6.45, 7) is 1.76. The van der Waals surface area contributed by atoms with Gasteiger partial charge in [0.1, 0.15) is 5.82 Å². The molecular weight excluding hydrogens is 383 g/mol. The number of hydrogen-bond acceptors (Lipinski definition) is 3. The monoisotopic (exact) mass is 410 g/mol. The zero-order valence-electron chi connectivity index (χ0n) is 17.2. The summed E-state index contributed by atoms with van der Waals surface area (Å²) in [5.74, 6) is -0.586. The Morgan fingerprint density at radius 1 is 1.03 bits per heavy atom.